The van der Waals surface area contributed by atoms with E-state index >= 15 is 0 Å². The summed E-state index contributed by atoms with van der Waals surface area (Å²) in [6.45, 7) is 2.91. The molecular weight excluding hydrogens is 338 g/mol. The van der Waals surface area contributed by atoms with Crippen molar-refractivity contribution in [2.45, 2.75) is 18.3 Å². The summed E-state index contributed by atoms with van der Waals surface area (Å²) in [4.78, 5) is 15.4. The molecule has 0 saturated heterocycles. The van der Waals surface area contributed by atoms with E-state index in [1.807, 2.05) is 25.1 Å². The number of nitrogens with one attached hydrogen (secondary N) is 1. The van der Waals surface area contributed by atoms with E-state index in [0.717, 1.165) is 5.56 Å². The van der Waals surface area contributed by atoms with Crippen molar-refractivity contribution in [2.75, 3.05) is 13.7 Å². The van der Waals surface area contributed by atoms with Gasteiger partial charge in [-0.15, -0.1) is 0 Å². The zero-order chi connectivity index (χ0) is 15.2. The van der Waals surface area contributed by atoms with Gasteiger partial charge in [0.15, 0.2) is 11.5 Å². The van der Waals surface area contributed by atoms with Crippen LogP contribution in [0.2, 0.25) is 0 Å². The van der Waals surface area contributed by atoms with Crippen LogP contribution in [0.15, 0.2) is 28.3 Å². The number of aliphatic imine (C=N–C) groups is 1. The lowest BCUT2D eigenvalue weighted by Crippen LogP contribution is -2.38. The molecule has 1 aromatic rings. The van der Waals surface area contributed by atoms with E-state index in [0.29, 0.717) is 30.4 Å². The van der Waals surface area contributed by atoms with Gasteiger partial charge in [0.25, 0.3) is 5.91 Å². The highest BCUT2D eigenvalue weighted by molar-refractivity contribution is 9.10. The van der Waals surface area contributed by atoms with Gasteiger partial charge in [0, 0.05) is 0 Å². The number of hydrogen-bond donors (Lipinski definition) is 1. The summed E-state index contributed by atoms with van der Waals surface area (Å²) in [6.07, 6.45) is 1.54. The second kappa shape index (κ2) is 7.21. The van der Waals surface area contributed by atoms with E-state index in [2.05, 4.69) is 31.4 Å². The quantitative estimate of drug-likeness (QED) is 0.821. The van der Waals surface area contributed by atoms with E-state index in [1.54, 1.807) is 7.11 Å². The second-order valence-corrected chi connectivity index (χ2v) is 5.17. The Bertz CT molecular complexity index is 587. The zero-order valence-corrected chi connectivity index (χ0v) is 13.4. The van der Waals surface area contributed by atoms with E-state index < -0.39 is 4.83 Å². The zero-order valence-electron chi connectivity index (χ0n) is 11.8. The topological polar surface area (TPSA) is 72.3 Å². The molecule has 1 heterocycles. The first-order chi connectivity index (χ1) is 10.2. The molecule has 0 aromatic heterocycles. The van der Waals surface area contributed by atoms with Crippen LogP contribution in [0.5, 0.6) is 11.5 Å². The number of carbonyl (C=O) groups excluding carboxylic acids is 1. The molecule has 21 heavy (non-hydrogen) atoms. The fourth-order valence-electron chi connectivity index (χ4n) is 1.81. The SMILES string of the molecule is CCOc1cc(CN=C2C=NNC(=O)C2Br)ccc1OC. The highest BCUT2D eigenvalue weighted by Gasteiger charge is 2.22. The summed E-state index contributed by atoms with van der Waals surface area (Å²) in [5, 5.41) is 3.75. The smallest absolute Gasteiger partial charge is 0.260 e. The fraction of sp³-hybridized carbons (Fsp3) is 0.357. The maximum atomic E-state index is 11.4. The van der Waals surface area contributed by atoms with Gasteiger partial charge in [0.05, 0.1) is 32.2 Å². The third kappa shape index (κ3) is 3.81. The molecule has 7 heteroatoms. The van der Waals surface area contributed by atoms with Gasteiger partial charge in [0.1, 0.15) is 4.83 Å². The van der Waals surface area contributed by atoms with Crippen molar-refractivity contribution in [3.05, 3.63) is 23.8 Å². The standard InChI is InChI=1S/C14H16BrN3O3/c1-3-21-12-6-9(4-5-11(12)20-2)7-16-10-8-17-18-14(19)13(10)15/h4-6,8,13H,3,7H2,1-2H3,(H,18,19). The molecular formula is C14H16BrN3O3. The van der Waals surface area contributed by atoms with Crippen molar-refractivity contribution in [3.63, 3.8) is 0 Å². The molecule has 0 fully saturated rings. The molecule has 0 saturated carbocycles. The molecule has 112 valence electrons. The largest absolute Gasteiger partial charge is 0.493 e. The molecule has 1 N–H and O–H groups in total. The lowest BCUT2D eigenvalue weighted by atomic mass is 10.2. The van der Waals surface area contributed by atoms with Crippen LogP contribution in [0.3, 0.4) is 0 Å². The number of halogens is 1. The number of benzene rings is 1. The molecule has 1 atom stereocenters. The molecule has 6 nitrogen and oxygen atoms in total. The number of hydrazone groups is 1. The van der Waals surface area contributed by atoms with Crippen molar-refractivity contribution < 1.29 is 14.3 Å². The summed E-state index contributed by atoms with van der Waals surface area (Å²) in [5.74, 6) is 1.15. The normalized spacial score (nSPS) is 19.5. The van der Waals surface area contributed by atoms with E-state index in [-0.39, 0.29) is 5.91 Å². The predicted molar refractivity (Wildman–Crippen MR) is 84.7 cm³/mol. The lowest BCUT2D eigenvalue weighted by molar-refractivity contribution is -0.119. The second-order valence-electron chi connectivity index (χ2n) is 4.26. The van der Waals surface area contributed by atoms with Gasteiger partial charge >= 0.3 is 0 Å². The molecule has 1 unspecified atom stereocenters. The van der Waals surface area contributed by atoms with E-state index in [4.69, 9.17) is 9.47 Å². The monoisotopic (exact) mass is 353 g/mol. The van der Waals surface area contributed by atoms with Crippen LogP contribution < -0.4 is 14.9 Å². The molecule has 1 aromatic carbocycles. The highest BCUT2D eigenvalue weighted by atomic mass is 79.9. The van der Waals surface area contributed by atoms with Gasteiger partial charge in [0.2, 0.25) is 0 Å². The van der Waals surface area contributed by atoms with Crippen LogP contribution in [-0.4, -0.2) is 36.4 Å². The van der Waals surface area contributed by atoms with E-state index in [9.17, 15) is 4.79 Å². The van der Waals surface area contributed by atoms with Crippen LogP contribution in [0, 0.1) is 0 Å². The highest BCUT2D eigenvalue weighted by Crippen LogP contribution is 2.28. The van der Waals surface area contributed by atoms with Crippen LogP contribution in [0.25, 0.3) is 0 Å². The molecule has 0 spiro atoms. The average molecular weight is 354 g/mol. The van der Waals surface area contributed by atoms with Gasteiger partial charge in [-0.25, -0.2) is 5.43 Å². The first kappa shape index (κ1) is 15.5. The Balaban J connectivity index is 2.16. The number of amides is 1. The van der Waals surface area contributed by atoms with Crippen molar-refractivity contribution >= 4 is 33.8 Å². The first-order valence-electron chi connectivity index (χ1n) is 6.46. The summed E-state index contributed by atoms with van der Waals surface area (Å²) < 4.78 is 10.8. The van der Waals surface area contributed by atoms with Crippen LogP contribution in [-0.2, 0) is 11.3 Å². The van der Waals surface area contributed by atoms with Gasteiger partial charge < -0.3 is 9.47 Å². The predicted octanol–water partition coefficient (Wildman–Crippen LogP) is 1.91. The maximum absolute atomic E-state index is 11.4. The minimum atomic E-state index is -0.473. The molecule has 1 aliphatic heterocycles. The van der Waals surface area contributed by atoms with Gasteiger partial charge in [-0.3, -0.25) is 9.79 Å². The van der Waals surface area contributed by atoms with Crippen LogP contribution in [0.4, 0.5) is 0 Å². The van der Waals surface area contributed by atoms with Gasteiger partial charge in [-0.2, -0.15) is 5.10 Å². The van der Waals surface area contributed by atoms with E-state index in [1.165, 1.54) is 6.21 Å². The lowest BCUT2D eigenvalue weighted by Gasteiger charge is -2.13. The number of nitrogens with zero attached hydrogens (tertiary/aromatic N) is 2. The number of alkyl halides is 1. The van der Waals surface area contributed by atoms with Gasteiger partial charge in [-0.1, -0.05) is 22.0 Å². The number of rotatable bonds is 5. The van der Waals surface area contributed by atoms with Crippen molar-refractivity contribution in [1.82, 2.24) is 5.43 Å². The minimum absolute atomic E-state index is 0.221. The Kier molecular flexibility index (Phi) is 5.32. The molecule has 0 radical (unpaired) electrons. The Morgan fingerprint density at radius 2 is 2.24 bits per heavy atom. The summed E-state index contributed by atoms with van der Waals surface area (Å²) >= 11 is 3.28. The third-order valence-electron chi connectivity index (χ3n) is 2.83. The number of carbonyl (C=O) groups is 1. The Hall–Kier alpha value is -1.89. The Labute approximate surface area is 131 Å². The number of ether oxygens (including phenoxy) is 2. The summed E-state index contributed by atoms with van der Waals surface area (Å²) in [6, 6.07) is 5.64. The fourth-order valence-corrected chi connectivity index (χ4v) is 2.18. The third-order valence-corrected chi connectivity index (χ3v) is 3.72. The molecule has 1 aliphatic rings. The molecule has 2 rings (SSSR count). The van der Waals surface area contributed by atoms with Gasteiger partial charge in [-0.05, 0) is 24.6 Å². The number of hydrogen-bond acceptors (Lipinski definition) is 5. The van der Waals surface area contributed by atoms with Crippen LogP contribution >= 0.6 is 15.9 Å². The van der Waals surface area contributed by atoms with Crippen molar-refractivity contribution in [2.24, 2.45) is 10.1 Å². The van der Waals surface area contributed by atoms with Crippen molar-refractivity contribution in [3.8, 4) is 11.5 Å². The van der Waals surface area contributed by atoms with Crippen molar-refractivity contribution in [1.29, 1.82) is 0 Å². The molecule has 1 amide bonds. The minimum Gasteiger partial charge on any atom is -0.493 e. The summed E-state index contributed by atoms with van der Waals surface area (Å²) in [5.41, 5.74) is 3.92. The number of methoxy groups -OCH3 is 1. The Morgan fingerprint density at radius 1 is 1.43 bits per heavy atom. The summed E-state index contributed by atoms with van der Waals surface area (Å²) in [7, 11) is 1.60. The Morgan fingerprint density at radius 3 is 2.95 bits per heavy atom. The maximum Gasteiger partial charge on any atom is 0.260 e. The molecule has 0 bridgehead atoms. The molecule has 0 aliphatic carbocycles. The first-order valence-corrected chi connectivity index (χ1v) is 7.38. The van der Waals surface area contributed by atoms with Crippen LogP contribution in [0.1, 0.15) is 12.5 Å². The average Bonchev–Trinajstić information content (AvgIpc) is 2.49.